The molecule has 0 saturated heterocycles. The standard InChI is InChI=1S/C31H22FNO4/c1-19-7-5-11-23(15-19)33-28(21-10-6-12-24(16-21)36-18-20-8-3-2-4-9-20)27-29(34)25-17-22(32)13-14-26(25)37-30(27)31(33)35/h2-17,28H,18H2,1H3. The minimum absolute atomic E-state index is 0.0359. The zero-order chi connectivity index (χ0) is 25.5. The van der Waals surface area contributed by atoms with Gasteiger partial charge in [-0.1, -0.05) is 54.6 Å². The SMILES string of the molecule is Cc1cccc(N2C(=O)c3oc4ccc(F)cc4c(=O)c3C2c2cccc(OCc3ccccc3)c2)c1. The Bertz CT molecular complexity index is 1710. The van der Waals surface area contributed by atoms with Gasteiger partial charge in [0.05, 0.1) is 17.0 Å². The van der Waals surface area contributed by atoms with E-state index in [2.05, 4.69) is 0 Å². The van der Waals surface area contributed by atoms with Crippen LogP contribution < -0.4 is 15.1 Å². The van der Waals surface area contributed by atoms with Gasteiger partial charge in [-0.2, -0.15) is 0 Å². The first-order valence-electron chi connectivity index (χ1n) is 11.9. The van der Waals surface area contributed by atoms with Crippen LogP contribution in [0.4, 0.5) is 10.1 Å². The van der Waals surface area contributed by atoms with Gasteiger partial charge in [0.1, 0.15) is 23.8 Å². The number of hydrogen-bond donors (Lipinski definition) is 0. The average molecular weight is 492 g/mol. The van der Waals surface area contributed by atoms with Gasteiger partial charge in [0.25, 0.3) is 5.91 Å². The lowest BCUT2D eigenvalue weighted by molar-refractivity contribution is 0.0971. The van der Waals surface area contributed by atoms with Crippen LogP contribution in [0.5, 0.6) is 5.75 Å². The number of ether oxygens (including phenoxy) is 1. The van der Waals surface area contributed by atoms with Crippen molar-refractivity contribution < 1.29 is 18.3 Å². The molecule has 0 fully saturated rings. The van der Waals surface area contributed by atoms with Crippen molar-refractivity contribution in [3.05, 3.63) is 141 Å². The monoisotopic (exact) mass is 491 g/mol. The molecule has 0 aliphatic carbocycles. The number of carbonyl (C=O) groups excluding carboxylic acids is 1. The second kappa shape index (κ2) is 9.06. The van der Waals surface area contributed by atoms with E-state index in [0.717, 1.165) is 17.2 Å². The maximum Gasteiger partial charge on any atom is 0.295 e. The topological polar surface area (TPSA) is 59.8 Å². The number of amides is 1. The first-order chi connectivity index (χ1) is 18.0. The third-order valence-corrected chi connectivity index (χ3v) is 6.53. The van der Waals surface area contributed by atoms with E-state index in [1.54, 1.807) is 4.90 Å². The summed E-state index contributed by atoms with van der Waals surface area (Å²) in [5.41, 5.74) is 3.22. The van der Waals surface area contributed by atoms with Crippen LogP contribution in [0.2, 0.25) is 0 Å². The van der Waals surface area contributed by atoms with Crippen molar-refractivity contribution in [2.75, 3.05) is 4.90 Å². The highest BCUT2D eigenvalue weighted by Crippen LogP contribution is 2.42. The van der Waals surface area contributed by atoms with E-state index in [4.69, 9.17) is 9.15 Å². The number of rotatable bonds is 5. The van der Waals surface area contributed by atoms with Crippen molar-refractivity contribution in [1.29, 1.82) is 0 Å². The van der Waals surface area contributed by atoms with E-state index in [-0.39, 0.29) is 22.3 Å². The Labute approximate surface area is 212 Å². The largest absolute Gasteiger partial charge is 0.489 e. The molecule has 0 bridgehead atoms. The minimum atomic E-state index is -0.770. The number of nitrogens with zero attached hydrogens (tertiary/aromatic N) is 1. The highest BCUT2D eigenvalue weighted by Gasteiger charge is 2.43. The lowest BCUT2D eigenvalue weighted by atomic mass is 9.98. The number of anilines is 1. The molecule has 2 heterocycles. The molecule has 1 aliphatic rings. The Morgan fingerprint density at radius 3 is 2.51 bits per heavy atom. The Balaban J connectivity index is 1.50. The molecule has 6 rings (SSSR count). The van der Waals surface area contributed by atoms with Crippen molar-refractivity contribution in [3.63, 3.8) is 0 Å². The first kappa shape index (κ1) is 22.7. The molecule has 6 heteroatoms. The summed E-state index contributed by atoms with van der Waals surface area (Å²) in [7, 11) is 0. The number of halogens is 1. The van der Waals surface area contributed by atoms with E-state index in [1.807, 2.05) is 85.8 Å². The van der Waals surface area contributed by atoms with Gasteiger partial charge in [-0.25, -0.2) is 4.39 Å². The van der Waals surface area contributed by atoms with Crippen LogP contribution in [-0.2, 0) is 6.61 Å². The van der Waals surface area contributed by atoms with Crippen LogP contribution in [0.25, 0.3) is 11.0 Å². The summed E-state index contributed by atoms with van der Waals surface area (Å²) in [5, 5.41) is 0.0964. The molecular formula is C31H22FNO4. The third kappa shape index (κ3) is 4.06. The molecule has 0 saturated carbocycles. The smallest absolute Gasteiger partial charge is 0.295 e. The Hall–Kier alpha value is -4.71. The number of hydrogen-bond acceptors (Lipinski definition) is 4. The molecule has 1 aromatic heterocycles. The van der Waals surface area contributed by atoms with Crippen molar-refractivity contribution in [1.82, 2.24) is 0 Å². The van der Waals surface area contributed by atoms with Gasteiger partial charge in [0.2, 0.25) is 5.76 Å². The van der Waals surface area contributed by atoms with E-state index < -0.39 is 23.2 Å². The molecule has 37 heavy (non-hydrogen) atoms. The molecule has 0 radical (unpaired) electrons. The molecule has 4 aromatic carbocycles. The van der Waals surface area contributed by atoms with Crippen LogP contribution in [-0.4, -0.2) is 5.91 Å². The minimum Gasteiger partial charge on any atom is -0.489 e. The molecule has 5 aromatic rings. The van der Waals surface area contributed by atoms with Crippen molar-refractivity contribution in [2.24, 2.45) is 0 Å². The number of aryl methyl sites for hydroxylation is 1. The fourth-order valence-electron chi connectivity index (χ4n) is 4.82. The van der Waals surface area contributed by atoms with Crippen LogP contribution in [0.15, 0.2) is 106 Å². The summed E-state index contributed by atoms with van der Waals surface area (Å²) in [4.78, 5) is 29.0. The summed E-state index contributed by atoms with van der Waals surface area (Å²) >= 11 is 0. The predicted octanol–water partition coefficient (Wildman–Crippen LogP) is 6.57. The molecule has 0 N–H and O–H groups in total. The summed E-state index contributed by atoms with van der Waals surface area (Å²) in [6.45, 7) is 2.31. The fraction of sp³-hybridized carbons (Fsp3) is 0.0968. The van der Waals surface area contributed by atoms with E-state index in [1.165, 1.54) is 12.1 Å². The molecule has 1 aliphatic heterocycles. The fourth-order valence-corrected chi connectivity index (χ4v) is 4.82. The van der Waals surface area contributed by atoms with Gasteiger partial charge in [-0.05, 0) is 66.1 Å². The van der Waals surface area contributed by atoms with Crippen LogP contribution >= 0.6 is 0 Å². The van der Waals surface area contributed by atoms with Crippen molar-refractivity contribution in [2.45, 2.75) is 19.6 Å². The molecule has 0 spiro atoms. The highest BCUT2D eigenvalue weighted by atomic mass is 19.1. The quantitative estimate of drug-likeness (QED) is 0.279. The maximum atomic E-state index is 14.1. The van der Waals surface area contributed by atoms with E-state index in [9.17, 15) is 14.0 Å². The number of carbonyl (C=O) groups is 1. The lowest BCUT2D eigenvalue weighted by Gasteiger charge is -2.26. The molecule has 5 nitrogen and oxygen atoms in total. The van der Waals surface area contributed by atoms with E-state index >= 15 is 0 Å². The van der Waals surface area contributed by atoms with Gasteiger partial charge < -0.3 is 9.15 Å². The average Bonchev–Trinajstić information content (AvgIpc) is 3.21. The zero-order valence-corrected chi connectivity index (χ0v) is 20.0. The summed E-state index contributed by atoms with van der Waals surface area (Å²) < 4.78 is 26.0. The summed E-state index contributed by atoms with van der Waals surface area (Å²) in [5.74, 6) is -0.411. The van der Waals surface area contributed by atoms with Gasteiger partial charge in [-0.15, -0.1) is 0 Å². The molecule has 1 unspecified atom stereocenters. The Kier molecular flexibility index (Phi) is 5.57. The van der Waals surface area contributed by atoms with Crippen LogP contribution in [0.3, 0.4) is 0 Å². The maximum absolute atomic E-state index is 14.1. The first-order valence-corrected chi connectivity index (χ1v) is 11.9. The normalized spacial score (nSPS) is 14.7. The van der Waals surface area contributed by atoms with Crippen LogP contribution in [0.1, 0.15) is 38.9 Å². The van der Waals surface area contributed by atoms with Gasteiger partial charge in [0.15, 0.2) is 5.43 Å². The lowest BCUT2D eigenvalue weighted by Crippen LogP contribution is -2.29. The summed E-state index contributed by atoms with van der Waals surface area (Å²) in [6.07, 6.45) is 0. The second-order valence-corrected chi connectivity index (χ2v) is 9.08. The molecule has 1 atom stereocenters. The highest BCUT2D eigenvalue weighted by molar-refractivity contribution is 6.10. The molecular weight excluding hydrogens is 469 g/mol. The second-order valence-electron chi connectivity index (χ2n) is 9.08. The van der Waals surface area contributed by atoms with Gasteiger partial charge >= 0.3 is 0 Å². The third-order valence-electron chi connectivity index (χ3n) is 6.53. The van der Waals surface area contributed by atoms with Crippen molar-refractivity contribution >= 4 is 22.6 Å². The molecule has 182 valence electrons. The Morgan fingerprint density at radius 1 is 0.892 bits per heavy atom. The summed E-state index contributed by atoms with van der Waals surface area (Å²) in [6, 6.07) is 27.6. The van der Waals surface area contributed by atoms with Gasteiger partial charge in [-0.3, -0.25) is 14.5 Å². The predicted molar refractivity (Wildman–Crippen MR) is 139 cm³/mol. The van der Waals surface area contributed by atoms with Gasteiger partial charge in [0, 0.05) is 5.69 Å². The zero-order valence-electron chi connectivity index (χ0n) is 20.0. The van der Waals surface area contributed by atoms with E-state index in [0.29, 0.717) is 23.6 Å². The number of benzene rings is 4. The molecule has 1 amide bonds. The van der Waals surface area contributed by atoms with Crippen molar-refractivity contribution in [3.8, 4) is 5.75 Å². The van der Waals surface area contributed by atoms with Crippen LogP contribution in [0, 0.1) is 12.7 Å². The Morgan fingerprint density at radius 2 is 1.70 bits per heavy atom. The number of fused-ring (bicyclic) bond motifs is 2.